The Balaban J connectivity index is 2.83. The third-order valence-electron chi connectivity index (χ3n) is 2.58. The Labute approximate surface area is 106 Å². The first-order valence-electron chi connectivity index (χ1n) is 5.52. The number of carbonyl (C=O) groups excluding carboxylic acids is 1. The van der Waals surface area contributed by atoms with Crippen molar-refractivity contribution in [1.82, 2.24) is 0 Å². The van der Waals surface area contributed by atoms with Crippen LogP contribution < -0.4 is 0 Å². The number of aliphatic hydroxyl groups excluding tert-OH is 1. The summed E-state index contributed by atoms with van der Waals surface area (Å²) in [6.07, 6.45) is -0.838. The fraction of sp³-hybridized carbons (Fsp3) is 0.462. The van der Waals surface area contributed by atoms with Crippen molar-refractivity contribution >= 4 is 5.97 Å². The summed E-state index contributed by atoms with van der Waals surface area (Å²) in [6, 6.07) is 8.53. The molecule has 0 aliphatic rings. The molecule has 0 radical (unpaired) electrons. The van der Waals surface area contributed by atoms with Crippen molar-refractivity contribution in [3.05, 3.63) is 35.9 Å². The molecule has 1 unspecified atom stereocenters. The van der Waals surface area contributed by atoms with Gasteiger partial charge >= 0.3 is 5.97 Å². The molecule has 0 fully saturated rings. The van der Waals surface area contributed by atoms with E-state index in [4.69, 9.17) is 14.2 Å². The van der Waals surface area contributed by atoms with Gasteiger partial charge in [0.25, 0.3) is 0 Å². The van der Waals surface area contributed by atoms with Crippen molar-refractivity contribution in [2.24, 2.45) is 0 Å². The van der Waals surface area contributed by atoms with Crippen LogP contribution in [0.3, 0.4) is 0 Å². The summed E-state index contributed by atoms with van der Waals surface area (Å²) in [5.74, 6) is -0.536. The Morgan fingerprint density at radius 3 is 2.28 bits per heavy atom. The number of methoxy groups -OCH3 is 2. The summed E-state index contributed by atoms with van der Waals surface area (Å²) < 4.78 is 15.3. The maximum Gasteiger partial charge on any atom is 0.338 e. The molecule has 1 N–H and O–H groups in total. The number of carbonyl (C=O) groups is 1. The summed E-state index contributed by atoms with van der Waals surface area (Å²) in [5, 5.41) is 9.38. The lowest BCUT2D eigenvalue weighted by Crippen LogP contribution is -2.48. The predicted molar refractivity (Wildman–Crippen MR) is 65.2 cm³/mol. The van der Waals surface area contributed by atoms with Crippen LogP contribution >= 0.6 is 0 Å². The Hall–Kier alpha value is -1.43. The van der Waals surface area contributed by atoms with Crippen LogP contribution in [0.5, 0.6) is 0 Å². The number of hydrogen-bond donors (Lipinski definition) is 1. The van der Waals surface area contributed by atoms with E-state index in [2.05, 4.69) is 0 Å². The highest BCUT2D eigenvalue weighted by atomic mass is 16.7. The van der Waals surface area contributed by atoms with Gasteiger partial charge in [-0.1, -0.05) is 18.2 Å². The van der Waals surface area contributed by atoms with Gasteiger partial charge in [0.1, 0.15) is 0 Å². The van der Waals surface area contributed by atoms with Crippen LogP contribution in [0.15, 0.2) is 30.3 Å². The van der Waals surface area contributed by atoms with Gasteiger partial charge in [-0.05, 0) is 19.1 Å². The Bertz CT molecular complexity index is 374. The van der Waals surface area contributed by atoms with E-state index in [0.29, 0.717) is 5.56 Å². The van der Waals surface area contributed by atoms with Gasteiger partial charge in [0.05, 0.1) is 12.2 Å². The minimum absolute atomic E-state index is 0.405. The van der Waals surface area contributed by atoms with Crippen molar-refractivity contribution in [3.8, 4) is 0 Å². The van der Waals surface area contributed by atoms with Gasteiger partial charge in [0.15, 0.2) is 11.9 Å². The van der Waals surface area contributed by atoms with E-state index in [1.807, 2.05) is 0 Å². The molecule has 0 amide bonds. The average molecular weight is 254 g/mol. The van der Waals surface area contributed by atoms with Gasteiger partial charge < -0.3 is 19.3 Å². The second-order valence-electron chi connectivity index (χ2n) is 4.03. The minimum atomic E-state index is -1.25. The summed E-state index contributed by atoms with van der Waals surface area (Å²) in [5.41, 5.74) is -0.848. The van der Waals surface area contributed by atoms with Crippen LogP contribution in [-0.2, 0) is 14.2 Å². The van der Waals surface area contributed by atoms with E-state index >= 15 is 0 Å². The van der Waals surface area contributed by atoms with Gasteiger partial charge in [0, 0.05) is 14.2 Å². The molecule has 0 heterocycles. The van der Waals surface area contributed by atoms with Crippen LogP contribution in [0.25, 0.3) is 0 Å². The molecule has 0 spiro atoms. The van der Waals surface area contributed by atoms with Crippen molar-refractivity contribution in [2.45, 2.75) is 18.8 Å². The van der Waals surface area contributed by atoms with Crippen LogP contribution in [0.2, 0.25) is 0 Å². The number of hydrogen-bond acceptors (Lipinski definition) is 5. The highest BCUT2D eigenvalue weighted by Crippen LogP contribution is 2.20. The smallest absolute Gasteiger partial charge is 0.338 e. The predicted octanol–water partition coefficient (Wildman–Crippen LogP) is 1.21. The quantitative estimate of drug-likeness (QED) is 0.610. The van der Waals surface area contributed by atoms with E-state index in [1.54, 1.807) is 37.3 Å². The molecule has 0 aliphatic carbocycles. The van der Waals surface area contributed by atoms with E-state index in [0.717, 1.165) is 0 Å². The Morgan fingerprint density at radius 2 is 1.83 bits per heavy atom. The molecule has 0 aliphatic heterocycles. The first-order chi connectivity index (χ1) is 8.57. The van der Waals surface area contributed by atoms with Crippen molar-refractivity contribution in [1.29, 1.82) is 0 Å². The van der Waals surface area contributed by atoms with Crippen molar-refractivity contribution < 1.29 is 24.1 Å². The fourth-order valence-electron chi connectivity index (χ4n) is 1.59. The summed E-state index contributed by atoms with van der Waals surface area (Å²) in [4.78, 5) is 11.9. The van der Waals surface area contributed by atoms with E-state index in [9.17, 15) is 9.90 Å². The molecule has 1 aromatic rings. The van der Waals surface area contributed by atoms with Crippen molar-refractivity contribution in [3.63, 3.8) is 0 Å². The van der Waals surface area contributed by atoms with Crippen LogP contribution in [0.4, 0.5) is 0 Å². The molecule has 5 nitrogen and oxygen atoms in total. The zero-order valence-electron chi connectivity index (χ0n) is 10.8. The van der Waals surface area contributed by atoms with E-state index in [-0.39, 0.29) is 0 Å². The lowest BCUT2D eigenvalue weighted by Gasteiger charge is -2.33. The highest BCUT2D eigenvalue weighted by molar-refractivity contribution is 5.89. The standard InChI is InChI=1S/C13H18O5/c1-13(9-14,12(16-2)17-3)18-11(15)10-7-5-4-6-8-10/h4-8,12,14H,9H2,1-3H3. The molecular weight excluding hydrogens is 236 g/mol. The summed E-state index contributed by atoms with van der Waals surface area (Å²) in [6.45, 7) is 1.14. The highest BCUT2D eigenvalue weighted by Gasteiger charge is 2.38. The molecule has 5 heteroatoms. The van der Waals surface area contributed by atoms with E-state index < -0.39 is 24.5 Å². The first kappa shape index (κ1) is 14.6. The summed E-state index contributed by atoms with van der Waals surface area (Å²) >= 11 is 0. The topological polar surface area (TPSA) is 65.0 Å². The average Bonchev–Trinajstić information content (AvgIpc) is 2.41. The van der Waals surface area contributed by atoms with Crippen LogP contribution in [0, 0.1) is 0 Å². The SMILES string of the molecule is COC(OC)C(C)(CO)OC(=O)c1ccccc1. The summed E-state index contributed by atoms with van der Waals surface area (Å²) in [7, 11) is 2.83. The lowest BCUT2D eigenvalue weighted by atomic mass is 10.1. The van der Waals surface area contributed by atoms with Gasteiger partial charge in [-0.3, -0.25) is 0 Å². The zero-order chi connectivity index (χ0) is 13.6. The van der Waals surface area contributed by atoms with Crippen LogP contribution in [0.1, 0.15) is 17.3 Å². The largest absolute Gasteiger partial charge is 0.448 e. The number of rotatable bonds is 6. The van der Waals surface area contributed by atoms with Crippen molar-refractivity contribution in [2.75, 3.05) is 20.8 Å². The fourth-order valence-corrected chi connectivity index (χ4v) is 1.59. The van der Waals surface area contributed by atoms with Gasteiger partial charge in [-0.15, -0.1) is 0 Å². The number of ether oxygens (including phenoxy) is 3. The second kappa shape index (κ2) is 6.49. The van der Waals surface area contributed by atoms with Gasteiger partial charge in [0.2, 0.25) is 0 Å². The molecule has 0 aromatic heterocycles. The van der Waals surface area contributed by atoms with Gasteiger partial charge in [-0.2, -0.15) is 0 Å². The number of aliphatic hydroxyl groups is 1. The molecule has 100 valence electrons. The zero-order valence-corrected chi connectivity index (χ0v) is 10.8. The number of benzene rings is 1. The molecule has 0 saturated carbocycles. The van der Waals surface area contributed by atoms with Gasteiger partial charge in [-0.25, -0.2) is 4.79 Å². The maximum atomic E-state index is 11.9. The lowest BCUT2D eigenvalue weighted by molar-refractivity contribution is -0.219. The molecule has 0 bridgehead atoms. The molecule has 1 rings (SSSR count). The normalized spacial score (nSPS) is 14.3. The Morgan fingerprint density at radius 1 is 1.28 bits per heavy atom. The Kier molecular flexibility index (Phi) is 5.27. The molecule has 1 atom stereocenters. The molecule has 0 saturated heterocycles. The molecule has 1 aromatic carbocycles. The monoisotopic (exact) mass is 254 g/mol. The van der Waals surface area contributed by atoms with Crippen LogP contribution in [-0.4, -0.2) is 43.8 Å². The third-order valence-corrected chi connectivity index (χ3v) is 2.58. The second-order valence-corrected chi connectivity index (χ2v) is 4.03. The third kappa shape index (κ3) is 3.29. The maximum absolute atomic E-state index is 11.9. The molecular formula is C13H18O5. The van der Waals surface area contributed by atoms with E-state index in [1.165, 1.54) is 14.2 Å². The first-order valence-corrected chi connectivity index (χ1v) is 5.52. The minimum Gasteiger partial charge on any atom is -0.448 e. The number of esters is 1. The molecule has 18 heavy (non-hydrogen) atoms.